The first-order valence-corrected chi connectivity index (χ1v) is 15.4. The predicted octanol–water partition coefficient (Wildman–Crippen LogP) is 4.50. The Bertz CT molecular complexity index is 1740. The van der Waals surface area contributed by atoms with Crippen molar-refractivity contribution in [1.82, 2.24) is 15.2 Å². The Kier molecular flexibility index (Phi) is 10.3. The van der Waals surface area contributed by atoms with Crippen molar-refractivity contribution in [3.8, 4) is 11.5 Å². The molecule has 1 aliphatic heterocycles. The highest BCUT2D eigenvalue weighted by Gasteiger charge is 2.44. The number of carbonyl (C=O) groups is 2. The number of halogens is 1. The maximum atomic E-state index is 14.8. The molecule has 1 fully saturated rings. The molecule has 5 rings (SSSR count). The van der Waals surface area contributed by atoms with Gasteiger partial charge in [0.05, 0.1) is 23.6 Å². The van der Waals surface area contributed by atoms with Gasteiger partial charge in [-0.15, -0.1) is 0 Å². The Balaban J connectivity index is 1.02. The molecule has 0 aliphatic carbocycles. The molecule has 242 valence electrons. The van der Waals surface area contributed by atoms with Gasteiger partial charge in [-0.25, -0.2) is 4.39 Å². The largest absolute Gasteiger partial charge is 0.506 e. The Morgan fingerprint density at radius 1 is 1.00 bits per heavy atom. The molecule has 1 aromatic heterocycles. The molecule has 0 radical (unpaired) electrons. The van der Waals surface area contributed by atoms with Crippen LogP contribution in [-0.4, -0.2) is 69.9 Å². The van der Waals surface area contributed by atoms with Gasteiger partial charge in [0, 0.05) is 36.7 Å². The summed E-state index contributed by atoms with van der Waals surface area (Å²) in [6.07, 6.45) is 2.01. The number of pyridine rings is 1. The highest BCUT2D eigenvalue weighted by molar-refractivity contribution is 5.95. The first-order chi connectivity index (χ1) is 22.2. The summed E-state index contributed by atoms with van der Waals surface area (Å²) in [5.74, 6) is -1.88. The quantitative estimate of drug-likeness (QED) is 0.135. The van der Waals surface area contributed by atoms with Crippen LogP contribution in [0.5, 0.6) is 11.5 Å². The zero-order valence-corrected chi connectivity index (χ0v) is 25.4. The van der Waals surface area contributed by atoms with Gasteiger partial charge >= 0.3 is 5.97 Å². The van der Waals surface area contributed by atoms with Crippen LogP contribution in [-0.2, 0) is 10.2 Å². The number of aliphatic carboxylic acids is 1. The lowest BCUT2D eigenvalue weighted by Crippen LogP contribution is -2.49. The molecular formula is C35H38FN3O7. The van der Waals surface area contributed by atoms with Gasteiger partial charge < -0.3 is 35.3 Å². The van der Waals surface area contributed by atoms with Gasteiger partial charge in [-0.3, -0.25) is 14.4 Å². The highest BCUT2D eigenvalue weighted by Crippen LogP contribution is 2.36. The lowest BCUT2D eigenvalue weighted by molar-refractivity contribution is -0.145. The minimum absolute atomic E-state index is 0.0601. The molecule has 1 saturated heterocycles. The van der Waals surface area contributed by atoms with Gasteiger partial charge in [0.2, 0.25) is 5.56 Å². The number of unbranched alkanes of at least 4 members (excludes halogenated alkanes) is 2. The lowest BCUT2D eigenvalue weighted by atomic mass is 9.73. The number of fused-ring (bicyclic) bond motifs is 1. The van der Waals surface area contributed by atoms with Gasteiger partial charge in [0.1, 0.15) is 5.75 Å². The van der Waals surface area contributed by atoms with E-state index < -0.39 is 23.3 Å². The van der Waals surface area contributed by atoms with Crippen molar-refractivity contribution in [2.24, 2.45) is 0 Å². The van der Waals surface area contributed by atoms with E-state index in [1.165, 1.54) is 24.3 Å². The number of ether oxygens (including phenoxy) is 1. The zero-order valence-electron chi connectivity index (χ0n) is 25.4. The summed E-state index contributed by atoms with van der Waals surface area (Å²) in [7, 11) is 0. The predicted molar refractivity (Wildman–Crippen MR) is 171 cm³/mol. The van der Waals surface area contributed by atoms with Crippen LogP contribution in [0.3, 0.4) is 0 Å². The number of likely N-dealkylation sites (tertiary alicyclic amines) is 1. The summed E-state index contributed by atoms with van der Waals surface area (Å²) >= 11 is 0. The molecule has 3 aromatic carbocycles. The minimum atomic E-state index is -1.05. The standard InChI is InChI=1S/C35H38FN3O7/c36-27-21-23(33(43)39-18-15-35(16-19-39,34(44)45)24-7-3-1-4-8-24)9-13-30(27)46-20-6-2-5-17-37-22-29(41)25-10-12-28(40)32-26(25)11-14-31(42)38-32/h1,3-4,7-14,21,29,37,40-41H,2,5-6,15-20,22H2,(H,38,42)(H,44,45)/t29-/m0/s1. The summed E-state index contributed by atoms with van der Waals surface area (Å²) in [4.78, 5) is 41.1. The third-order valence-corrected chi connectivity index (χ3v) is 8.68. The Morgan fingerprint density at radius 3 is 2.48 bits per heavy atom. The number of nitrogens with one attached hydrogen (secondary N) is 2. The fourth-order valence-corrected chi connectivity index (χ4v) is 6.02. The van der Waals surface area contributed by atoms with Gasteiger partial charge in [-0.1, -0.05) is 36.4 Å². The molecule has 0 spiro atoms. The van der Waals surface area contributed by atoms with Crippen LogP contribution in [0, 0.1) is 5.82 Å². The van der Waals surface area contributed by atoms with Crippen LogP contribution in [0.2, 0.25) is 0 Å². The molecule has 1 amide bonds. The van der Waals surface area contributed by atoms with Gasteiger partial charge in [0.25, 0.3) is 5.91 Å². The molecule has 2 heterocycles. The van der Waals surface area contributed by atoms with Gasteiger partial charge in [-0.05, 0) is 80.1 Å². The number of rotatable bonds is 13. The molecule has 0 bridgehead atoms. The molecule has 1 atom stereocenters. The molecule has 10 nitrogen and oxygen atoms in total. The number of amides is 1. The number of carbonyl (C=O) groups excluding carboxylic acids is 1. The number of aliphatic hydroxyl groups excluding tert-OH is 1. The number of aliphatic hydroxyl groups is 1. The molecule has 5 N–H and O–H groups in total. The highest BCUT2D eigenvalue weighted by atomic mass is 19.1. The van der Waals surface area contributed by atoms with Crippen molar-refractivity contribution >= 4 is 22.8 Å². The monoisotopic (exact) mass is 631 g/mol. The summed E-state index contributed by atoms with van der Waals surface area (Å²) in [6.45, 7) is 1.74. The topological polar surface area (TPSA) is 152 Å². The number of hydrogen-bond acceptors (Lipinski definition) is 7. The molecule has 0 unspecified atom stereocenters. The van der Waals surface area contributed by atoms with E-state index >= 15 is 0 Å². The SMILES string of the molecule is O=C(c1ccc(OCCCCCNC[C@H](O)c2ccc(O)c3[nH]c(=O)ccc23)c(F)c1)N1CCC(C(=O)O)(c2ccccc2)CC1. The number of hydrogen-bond donors (Lipinski definition) is 5. The van der Waals surface area contributed by atoms with Crippen LogP contribution in [0.25, 0.3) is 10.9 Å². The number of phenols is 1. The van der Waals surface area contributed by atoms with Crippen LogP contribution in [0.15, 0.2) is 77.6 Å². The molecule has 0 saturated carbocycles. The minimum Gasteiger partial charge on any atom is -0.506 e. The van der Waals surface area contributed by atoms with Crippen LogP contribution in [0.1, 0.15) is 59.7 Å². The van der Waals surface area contributed by atoms with Crippen molar-refractivity contribution in [1.29, 1.82) is 0 Å². The molecule has 46 heavy (non-hydrogen) atoms. The summed E-state index contributed by atoms with van der Waals surface area (Å²) in [6, 6.07) is 19.2. The Hall–Kier alpha value is -4.74. The van der Waals surface area contributed by atoms with Gasteiger partial charge in [0.15, 0.2) is 11.6 Å². The van der Waals surface area contributed by atoms with Crippen molar-refractivity contribution in [2.75, 3.05) is 32.8 Å². The Labute approximate surface area is 265 Å². The zero-order chi connectivity index (χ0) is 32.7. The second-order valence-electron chi connectivity index (χ2n) is 11.6. The van der Waals surface area contributed by atoms with Crippen molar-refractivity contribution < 1.29 is 34.0 Å². The lowest BCUT2D eigenvalue weighted by Gasteiger charge is -2.39. The molecule has 4 aromatic rings. The summed E-state index contributed by atoms with van der Waals surface area (Å²) in [5.41, 5.74) is 0.405. The number of aromatic amines is 1. The number of nitrogens with zero attached hydrogens (tertiary/aromatic N) is 1. The normalized spacial score (nSPS) is 15.0. The van der Waals surface area contributed by atoms with Gasteiger partial charge in [-0.2, -0.15) is 0 Å². The first-order valence-electron chi connectivity index (χ1n) is 15.4. The average molecular weight is 632 g/mol. The van der Waals surface area contributed by atoms with E-state index in [1.54, 1.807) is 29.2 Å². The third kappa shape index (κ3) is 7.21. The second kappa shape index (κ2) is 14.6. The number of aromatic nitrogens is 1. The fraction of sp³-hybridized carbons (Fsp3) is 0.343. The molecular weight excluding hydrogens is 593 g/mol. The molecule has 11 heteroatoms. The van der Waals surface area contributed by atoms with Crippen LogP contribution in [0.4, 0.5) is 4.39 Å². The number of carboxylic acid groups (broad SMARTS) is 1. The summed E-state index contributed by atoms with van der Waals surface area (Å²) < 4.78 is 20.4. The number of benzene rings is 3. The van der Waals surface area contributed by atoms with Crippen LogP contribution >= 0.6 is 0 Å². The second-order valence-corrected chi connectivity index (χ2v) is 11.6. The van der Waals surface area contributed by atoms with Crippen molar-refractivity contribution in [2.45, 2.75) is 43.6 Å². The third-order valence-electron chi connectivity index (χ3n) is 8.68. The van der Waals surface area contributed by atoms with E-state index in [1.807, 2.05) is 18.2 Å². The van der Waals surface area contributed by atoms with E-state index in [0.29, 0.717) is 30.5 Å². The van der Waals surface area contributed by atoms with Crippen molar-refractivity contribution in [3.05, 3.63) is 106 Å². The van der Waals surface area contributed by atoms with Crippen LogP contribution < -0.4 is 15.6 Å². The van der Waals surface area contributed by atoms with E-state index in [9.17, 15) is 34.1 Å². The number of phenolic OH excluding ortho intramolecular Hbond substituents is 1. The first kappa shape index (κ1) is 32.6. The maximum Gasteiger partial charge on any atom is 0.314 e. The van der Waals surface area contributed by atoms with E-state index in [0.717, 1.165) is 24.5 Å². The van der Waals surface area contributed by atoms with E-state index in [-0.39, 0.29) is 66.5 Å². The maximum absolute atomic E-state index is 14.8. The number of piperidine rings is 1. The Morgan fingerprint density at radius 2 is 1.76 bits per heavy atom. The average Bonchev–Trinajstić information content (AvgIpc) is 3.06. The fourth-order valence-electron chi connectivity index (χ4n) is 6.02. The molecule has 1 aliphatic rings. The number of H-pyrrole nitrogens is 1. The summed E-state index contributed by atoms with van der Waals surface area (Å²) in [5, 5.41) is 34.4. The number of aromatic hydroxyl groups is 1. The van der Waals surface area contributed by atoms with Crippen molar-refractivity contribution in [3.63, 3.8) is 0 Å². The van der Waals surface area contributed by atoms with E-state index in [4.69, 9.17) is 4.74 Å². The smallest absolute Gasteiger partial charge is 0.314 e. The van der Waals surface area contributed by atoms with E-state index in [2.05, 4.69) is 10.3 Å². The number of carboxylic acids is 1.